The SMILES string of the molecule is O=C(c1ccccc1)N1CCc2[nH]c3ccccc3c2C(c2ccccc2O)C1. The van der Waals surface area contributed by atoms with Gasteiger partial charge in [-0.3, -0.25) is 4.79 Å². The van der Waals surface area contributed by atoms with Gasteiger partial charge in [-0.1, -0.05) is 54.6 Å². The third-order valence-electron chi connectivity index (χ3n) is 5.83. The van der Waals surface area contributed by atoms with E-state index in [0.29, 0.717) is 18.7 Å². The van der Waals surface area contributed by atoms with E-state index in [-0.39, 0.29) is 17.6 Å². The van der Waals surface area contributed by atoms with Gasteiger partial charge in [-0.15, -0.1) is 0 Å². The fraction of sp³-hybridized carbons (Fsp3) is 0.160. The van der Waals surface area contributed by atoms with Crippen LogP contribution < -0.4 is 0 Å². The van der Waals surface area contributed by atoms with Crippen LogP contribution in [0.3, 0.4) is 0 Å². The molecule has 2 N–H and O–H groups in total. The number of phenolic OH excluding ortho intramolecular Hbond substituents is 1. The topological polar surface area (TPSA) is 56.3 Å². The van der Waals surface area contributed by atoms with Crippen LogP contribution in [0.4, 0.5) is 0 Å². The number of nitrogens with zero attached hydrogens (tertiary/aromatic N) is 1. The molecule has 0 radical (unpaired) electrons. The minimum absolute atomic E-state index is 0.0282. The fourth-order valence-electron chi connectivity index (χ4n) is 4.45. The van der Waals surface area contributed by atoms with E-state index in [0.717, 1.165) is 28.6 Å². The molecule has 1 aliphatic heterocycles. The molecule has 4 heteroatoms. The molecule has 1 atom stereocenters. The molecule has 0 fully saturated rings. The van der Waals surface area contributed by atoms with E-state index in [1.54, 1.807) is 6.07 Å². The molecule has 3 aromatic carbocycles. The maximum atomic E-state index is 13.2. The smallest absolute Gasteiger partial charge is 0.253 e. The number of aromatic nitrogens is 1. The van der Waals surface area contributed by atoms with Crippen molar-refractivity contribution in [2.75, 3.05) is 13.1 Å². The van der Waals surface area contributed by atoms with Crippen molar-refractivity contribution in [1.82, 2.24) is 9.88 Å². The van der Waals surface area contributed by atoms with Crippen LogP contribution in [-0.2, 0) is 6.42 Å². The van der Waals surface area contributed by atoms with Crippen LogP contribution in [0, 0.1) is 0 Å². The highest BCUT2D eigenvalue weighted by atomic mass is 16.3. The molecule has 4 nitrogen and oxygen atoms in total. The number of carbonyl (C=O) groups excluding carboxylic acids is 1. The molecule has 0 bridgehead atoms. The van der Waals surface area contributed by atoms with Gasteiger partial charge in [0.05, 0.1) is 0 Å². The highest BCUT2D eigenvalue weighted by Gasteiger charge is 2.31. The minimum atomic E-state index is -0.0995. The fourth-order valence-corrected chi connectivity index (χ4v) is 4.45. The lowest BCUT2D eigenvalue weighted by Gasteiger charge is -2.26. The van der Waals surface area contributed by atoms with Crippen molar-refractivity contribution < 1.29 is 9.90 Å². The Morgan fingerprint density at radius 1 is 0.931 bits per heavy atom. The minimum Gasteiger partial charge on any atom is -0.508 e. The summed E-state index contributed by atoms with van der Waals surface area (Å²) in [6, 6.07) is 25.1. The van der Waals surface area contributed by atoms with Crippen molar-refractivity contribution in [3.05, 3.63) is 101 Å². The van der Waals surface area contributed by atoms with Crippen LogP contribution in [0.15, 0.2) is 78.9 Å². The number of benzene rings is 3. The van der Waals surface area contributed by atoms with E-state index in [1.165, 1.54) is 5.56 Å². The molecule has 5 rings (SSSR count). The monoisotopic (exact) mass is 382 g/mol. The van der Waals surface area contributed by atoms with Gasteiger partial charge >= 0.3 is 0 Å². The van der Waals surface area contributed by atoms with Gasteiger partial charge in [-0.25, -0.2) is 0 Å². The molecular formula is C25H22N2O2. The standard InChI is InChI=1S/C25H22N2O2/c28-23-13-7-5-10-18(23)20-16-27(25(29)17-8-2-1-3-9-17)15-14-22-24(20)19-11-4-6-12-21(19)26-22/h1-13,20,26,28H,14-16H2. The molecule has 0 saturated carbocycles. The lowest BCUT2D eigenvalue weighted by molar-refractivity contribution is 0.0756. The number of fused-ring (bicyclic) bond motifs is 3. The van der Waals surface area contributed by atoms with Crippen molar-refractivity contribution in [2.24, 2.45) is 0 Å². The van der Waals surface area contributed by atoms with Crippen LogP contribution in [0.5, 0.6) is 5.75 Å². The molecule has 1 amide bonds. The molecule has 0 spiro atoms. The zero-order valence-electron chi connectivity index (χ0n) is 16.0. The van der Waals surface area contributed by atoms with E-state index in [2.05, 4.69) is 17.1 Å². The summed E-state index contributed by atoms with van der Waals surface area (Å²) in [7, 11) is 0. The van der Waals surface area contributed by atoms with Crippen molar-refractivity contribution in [1.29, 1.82) is 0 Å². The molecule has 1 unspecified atom stereocenters. The van der Waals surface area contributed by atoms with Gasteiger partial charge in [0.1, 0.15) is 5.75 Å². The first-order valence-electron chi connectivity index (χ1n) is 9.94. The Morgan fingerprint density at radius 2 is 1.66 bits per heavy atom. The predicted octanol–water partition coefficient (Wildman–Crippen LogP) is 4.70. The summed E-state index contributed by atoms with van der Waals surface area (Å²) in [5.41, 5.74) is 4.97. The number of para-hydroxylation sites is 2. The Bertz CT molecular complexity index is 1180. The normalized spacial score (nSPS) is 16.4. The quantitative estimate of drug-likeness (QED) is 0.528. The number of carbonyl (C=O) groups is 1. The summed E-state index contributed by atoms with van der Waals surface area (Å²) in [5, 5.41) is 11.8. The molecule has 29 heavy (non-hydrogen) atoms. The van der Waals surface area contributed by atoms with Gasteiger partial charge in [-0.2, -0.15) is 0 Å². The van der Waals surface area contributed by atoms with Crippen LogP contribution in [0.25, 0.3) is 10.9 Å². The first-order valence-corrected chi connectivity index (χ1v) is 9.94. The second kappa shape index (κ2) is 7.13. The summed E-state index contributed by atoms with van der Waals surface area (Å²) in [6.45, 7) is 1.16. The number of phenols is 1. The van der Waals surface area contributed by atoms with Crippen LogP contribution >= 0.6 is 0 Å². The van der Waals surface area contributed by atoms with E-state index in [4.69, 9.17) is 0 Å². The molecule has 4 aromatic rings. The second-order valence-corrected chi connectivity index (χ2v) is 7.54. The summed E-state index contributed by atoms with van der Waals surface area (Å²) in [4.78, 5) is 18.7. The first-order chi connectivity index (χ1) is 14.2. The van der Waals surface area contributed by atoms with Gasteiger partial charge in [0.15, 0.2) is 0 Å². The van der Waals surface area contributed by atoms with Crippen LogP contribution in [0.2, 0.25) is 0 Å². The molecule has 2 heterocycles. The molecule has 0 aliphatic carbocycles. The lowest BCUT2D eigenvalue weighted by atomic mass is 9.88. The van der Waals surface area contributed by atoms with E-state index >= 15 is 0 Å². The number of amides is 1. The highest BCUT2D eigenvalue weighted by Crippen LogP contribution is 2.39. The first kappa shape index (κ1) is 17.6. The zero-order valence-corrected chi connectivity index (χ0v) is 16.0. The number of rotatable bonds is 2. The molecule has 144 valence electrons. The Labute approximate surface area is 169 Å². The number of aromatic hydroxyl groups is 1. The summed E-state index contributed by atoms with van der Waals surface area (Å²) in [6.07, 6.45) is 0.757. The number of H-pyrrole nitrogens is 1. The Morgan fingerprint density at radius 3 is 2.48 bits per heavy atom. The largest absolute Gasteiger partial charge is 0.508 e. The summed E-state index contributed by atoms with van der Waals surface area (Å²) < 4.78 is 0. The number of aromatic amines is 1. The molecule has 0 saturated heterocycles. The highest BCUT2D eigenvalue weighted by molar-refractivity contribution is 5.94. The van der Waals surface area contributed by atoms with E-state index in [9.17, 15) is 9.90 Å². The Balaban J connectivity index is 1.63. The zero-order chi connectivity index (χ0) is 19.8. The summed E-state index contributed by atoms with van der Waals surface area (Å²) in [5.74, 6) is 0.195. The molecular weight excluding hydrogens is 360 g/mol. The van der Waals surface area contributed by atoms with Gasteiger partial charge in [0, 0.05) is 53.2 Å². The lowest BCUT2D eigenvalue weighted by Crippen LogP contribution is -2.35. The summed E-state index contributed by atoms with van der Waals surface area (Å²) >= 11 is 0. The third kappa shape index (κ3) is 3.07. The maximum absolute atomic E-state index is 13.2. The Kier molecular flexibility index (Phi) is 4.32. The molecule has 1 aromatic heterocycles. The third-order valence-corrected chi connectivity index (χ3v) is 5.83. The van der Waals surface area contributed by atoms with E-state index < -0.39 is 0 Å². The van der Waals surface area contributed by atoms with Gasteiger partial charge in [0.2, 0.25) is 0 Å². The van der Waals surface area contributed by atoms with Crippen molar-refractivity contribution in [2.45, 2.75) is 12.3 Å². The molecule has 1 aliphatic rings. The number of hydrogen-bond acceptors (Lipinski definition) is 2. The van der Waals surface area contributed by atoms with Crippen molar-refractivity contribution >= 4 is 16.8 Å². The second-order valence-electron chi connectivity index (χ2n) is 7.54. The number of nitrogens with one attached hydrogen (secondary N) is 1. The van der Waals surface area contributed by atoms with Crippen LogP contribution in [-0.4, -0.2) is 34.0 Å². The van der Waals surface area contributed by atoms with Crippen molar-refractivity contribution in [3.8, 4) is 5.75 Å². The van der Waals surface area contributed by atoms with E-state index in [1.807, 2.05) is 65.6 Å². The van der Waals surface area contributed by atoms with Gasteiger partial charge in [0.25, 0.3) is 5.91 Å². The predicted molar refractivity (Wildman–Crippen MR) is 114 cm³/mol. The number of hydrogen-bond donors (Lipinski definition) is 2. The average Bonchev–Trinajstić information content (AvgIpc) is 3.03. The average molecular weight is 382 g/mol. The van der Waals surface area contributed by atoms with Crippen molar-refractivity contribution in [3.63, 3.8) is 0 Å². The maximum Gasteiger partial charge on any atom is 0.253 e. The van der Waals surface area contributed by atoms with Crippen LogP contribution in [0.1, 0.15) is 33.1 Å². The van der Waals surface area contributed by atoms with Gasteiger partial charge < -0.3 is 15.0 Å². The van der Waals surface area contributed by atoms with Gasteiger partial charge in [-0.05, 0) is 29.8 Å². The Hall–Kier alpha value is -3.53.